The third-order valence-corrected chi connectivity index (χ3v) is 7.50. The SMILES string of the molecule is Cc1ccc([C@@H]2CCCCCN2S(=O)(=O)c2ccccc2[N+](=O)[O-])s1. The Morgan fingerprint density at radius 2 is 1.92 bits per heavy atom. The van der Waals surface area contributed by atoms with Crippen molar-refractivity contribution in [3.05, 3.63) is 56.3 Å². The first kappa shape index (κ1) is 18.0. The molecule has 25 heavy (non-hydrogen) atoms. The molecule has 0 radical (unpaired) electrons. The van der Waals surface area contributed by atoms with Gasteiger partial charge in [-0.2, -0.15) is 4.31 Å². The van der Waals surface area contributed by atoms with Crippen LogP contribution < -0.4 is 0 Å². The van der Waals surface area contributed by atoms with E-state index in [0.717, 1.165) is 35.4 Å². The molecule has 0 N–H and O–H groups in total. The molecule has 0 bridgehead atoms. The highest BCUT2D eigenvalue weighted by Crippen LogP contribution is 2.39. The van der Waals surface area contributed by atoms with Crippen LogP contribution in [0.1, 0.15) is 41.5 Å². The first-order chi connectivity index (χ1) is 11.9. The Hall–Kier alpha value is -1.77. The molecule has 3 rings (SSSR count). The number of nitrogens with zero attached hydrogens (tertiary/aromatic N) is 2. The average Bonchev–Trinajstić information content (AvgIpc) is 2.86. The van der Waals surface area contributed by atoms with Gasteiger partial charge in [0.15, 0.2) is 4.90 Å². The van der Waals surface area contributed by atoms with Crippen molar-refractivity contribution in [2.45, 2.75) is 43.5 Å². The molecule has 2 aromatic rings. The molecule has 0 aliphatic carbocycles. The van der Waals surface area contributed by atoms with Crippen LogP contribution in [0.25, 0.3) is 0 Å². The van der Waals surface area contributed by atoms with E-state index in [1.807, 2.05) is 19.1 Å². The molecule has 1 aliphatic heterocycles. The van der Waals surface area contributed by atoms with Crippen LogP contribution in [0.15, 0.2) is 41.3 Å². The normalized spacial score (nSPS) is 19.5. The lowest BCUT2D eigenvalue weighted by molar-refractivity contribution is -0.387. The summed E-state index contributed by atoms with van der Waals surface area (Å²) in [6, 6.07) is 9.29. The van der Waals surface area contributed by atoms with Crippen LogP contribution >= 0.6 is 11.3 Å². The van der Waals surface area contributed by atoms with E-state index < -0.39 is 14.9 Å². The third kappa shape index (κ3) is 3.61. The molecule has 1 saturated heterocycles. The quantitative estimate of drug-likeness (QED) is 0.586. The highest BCUT2D eigenvalue weighted by molar-refractivity contribution is 7.89. The second-order valence-corrected chi connectivity index (χ2v) is 9.33. The van der Waals surface area contributed by atoms with Crippen molar-refractivity contribution in [1.82, 2.24) is 4.31 Å². The zero-order valence-electron chi connectivity index (χ0n) is 13.9. The number of thiophene rings is 1. The largest absolute Gasteiger partial charge is 0.289 e. The second-order valence-electron chi connectivity index (χ2n) is 6.15. The molecule has 134 valence electrons. The van der Waals surface area contributed by atoms with Crippen LogP contribution in [0, 0.1) is 17.0 Å². The van der Waals surface area contributed by atoms with Gasteiger partial charge >= 0.3 is 0 Å². The van der Waals surface area contributed by atoms with E-state index in [1.165, 1.54) is 28.6 Å². The summed E-state index contributed by atoms with van der Waals surface area (Å²) in [4.78, 5) is 12.6. The van der Waals surface area contributed by atoms with Crippen LogP contribution in [0.3, 0.4) is 0 Å². The summed E-state index contributed by atoms with van der Waals surface area (Å²) in [6.45, 7) is 2.38. The number of hydrogen-bond donors (Lipinski definition) is 0. The van der Waals surface area contributed by atoms with Crippen molar-refractivity contribution >= 4 is 27.0 Å². The number of nitro groups is 1. The molecule has 8 heteroatoms. The van der Waals surface area contributed by atoms with Crippen molar-refractivity contribution in [2.24, 2.45) is 0 Å². The minimum absolute atomic E-state index is 0.222. The van der Waals surface area contributed by atoms with E-state index >= 15 is 0 Å². The van der Waals surface area contributed by atoms with Crippen LogP contribution in [-0.4, -0.2) is 24.2 Å². The maximum atomic E-state index is 13.3. The summed E-state index contributed by atoms with van der Waals surface area (Å²) < 4.78 is 28.0. The van der Waals surface area contributed by atoms with Gasteiger partial charge in [-0.15, -0.1) is 11.3 Å². The van der Waals surface area contributed by atoms with E-state index in [4.69, 9.17) is 0 Å². The predicted molar refractivity (Wildman–Crippen MR) is 97.3 cm³/mol. The number of hydrogen-bond acceptors (Lipinski definition) is 5. The molecule has 1 aliphatic rings. The Morgan fingerprint density at radius 1 is 1.16 bits per heavy atom. The molecular formula is C17H20N2O4S2. The van der Waals surface area contributed by atoms with Gasteiger partial charge in [-0.1, -0.05) is 25.0 Å². The second kappa shape index (κ2) is 7.23. The Morgan fingerprint density at radius 3 is 2.60 bits per heavy atom. The number of para-hydroxylation sites is 1. The fourth-order valence-electron chi connectivity index (χ4n) is 3.24. The van der Waals surface area contributed by atoms with E-state index in [-0.39, 0.29) is 16.6 Å². The summed E-state index contributed by atoms with van der Waals surface area (Å²) in [5, 5.41) is 11.3. The molecule has 0 unspecified atom stereocenters. The average molecular weight is 380 g/mol. The zero-order chi connectivity index (χ0) is 18.0. The van der Waals surface area contributed by atoms with Gasteiger partial charge < -0.3 is 0 Å². The summed E-state index contributed by atoms with van der Waals surface area (Å²) in [5.41, 5.74) is -0.368. The fourth-order valence-corrected chi connectivity index (χ4v) is 6.16. The zero-order valence-corrected chi connectivity index (χ0v) is 15.6. The van der Waals surface area contributed by atoms with E-state index in [0.29, 0.717) is 6.54 Å². The van der Waals surface area contributed by atoms with Gasteiger partial charge in [0.1, 0.15) is 0 Å². The highest BCUT2D eigenvalue weighted by Gasteiger charge is 2.37. The number of aryl methyl sites for hydroxylation is 1. The number of benzene rings is 1. The van der Waals surface area contributed by atoms with Crippen LogP contribution in [0.4, 0.5) is 5.69 Å². The van der Waals surface area contributed by atoms with Gasteiger partial charge in [0, 0.05) is 22.4 Å². The lowest BCUT2D eigenvalue weighted by Crippen LogP contribution is -2.34. The molecule has 1 aromatic carbocycles. The van der Waals surface area contributed by atoms with Crippen molar-refractivity contribution in [3.63, 3.8) is 0 Å². The fraction of sp³-hybridized carbons (Fsp3) is 0.412. The van der Waals surface area contributed by atoms with Crippen LogP contribution in [0.5, 0.6) is 0 Å². The molecular weight excluding hydrogens is 360 g/mol. The Kier molecular flexibility index (Phi) is 5.21. The first-order valence-electron chi connectivity index (χ1n) is 8.23. The van der Waals surface area contributed by atoms with Crippen molar-refractivity contribution in [1.29, 1.82) is 0 Å². The molecule has 1 atom stereocenters. The van der Waals surface area contributed by atoms with Crippen LogP contribution in [0.2, 0.25) is 0 Å². The van der Waals surface area contributed by atoms with Crippen molar-refractivity contribution in [2.75, 3.05) is 6.54 Å². The molecule has 6 nitrogen and oxygen atoms in total. The summed E-state index contributed by atoms with van der Waals surface area (Å²) in [6.07, 6.45) is 3.41. The number of rotatable bonds is 4. The third-order valence-electron chi connectivity index (χ3n) is 4.44. The monoisotopic (exact) mass is 380 g/mol. The molecule has 0 amide bonds. The lowest BCUT2D eigenvalue weighted by Gasteiger charge is -2.28. The minimum atomic E-state index is -3.95. The topological polar surface area (TPSA) is 80.5 Å². The van der Waals surface area contributed by atoms with E-state index in [2.05, 4.69) is 0 Å². The van der Waals surface area contributed by atoms with Gasteiger partial charge in [-0.3, -0.25) is 10.1 Å². The van der Waals surface area contributed by atoms with Gasteiger partial charge in [0.05, 0.1) is 11.0 Å². The smallest absolute Gasteiger partial charge is 0.258 e. The summed E-state index contributed by atoms with van der Waals surface area (Å²) in [5.74, 6) is 0. The maximum absolute atomic E-state index is 13.3. The first-order valence-corrected chi connectivity index (χ1v) is 10.5. The standard InChI is InChI=1S/C17H20N2O4S2/c1-13-10-11-16(24-13)14-7-3-2-6-12-18(14)25(22,23)17-9-5-4-8-15(17)19(20)21/h4-5,8-11,14H,2-3,6-7,12H2,1H3/t14-/m0/s1. The number of nitro benzene ring substituents is 1. The molecule has 0 spiro atoms. The van der Waals surface area contributed by atoms with Gasteiger partial charge in [0.2, 0.25) is 10.0 Å². The van der Waals surface area contributed by atoms with E-state index in [1.54, 1.807) is 11.3 Å². The Balaban J connectivity index is 2.08. The van der Waals surface area contributed by atoms with Crippen molar-refractivity contribution < 1.29 is 13.3 Å². The van der Waals surface area contributed by atoms with Gasteiger partial charge in [-0.25, -0.2) is 8.42 Å². The number of sulfonamides is 1. The molecule has 2 heterocycles. The summed E-state index contributed by atoms with van der Waals surface area (Å²) >= 11 is 1.59. The lowest BCUT2D eigenvalue weighted by atomic mass is 10.1. The van der Waals surface area contributed by atoms with E-state index in [9.17, 15) is 18.5 Å². The summed E-state index contributed by atoms with van der Waals surface area (Å²) in [7, 11) is -3.95. The van der Waals surface area contributed by atoms with Gasteiger partial charge in [0.25, 0.3) is 5.69 Å². The van der Waals surface area contributed by atoms with Crippen molar-refractivity contribution in [3.8, 4) is 0 Å². The Bertz CT molecular complexity index is 876. The molecule has 1 fully saturated rings. The highest BCUT2D eigenvalue weighted by atomic mass is 32.2. The van der Waals surface area contributed by atoms with Gasteiger partial charge in [-0.05, 0) is 38.0 Å². The molecule has 0 saturated carbocycles. The predicted octanol–water partition coefficient (Wildman–Crippen LogP) is 4.27. The van der Waals surface area contributed by atoms with Crippen LogP contribution in [-0.2, 0) is 10.0 Å². The maximum Gasteiger partial charge on any atom is 0.289 e. The minimum Gasteiger partial charge on any atom is -0.258 e. The molecule has 1 aromatic heterocycles. The Labute approximate surface area is 151 Å².